The van der Waals surface area contributed by atoms with E-state index in [4.69, 9.17) is 27.4 Å². The minimum Gasteiger partial charge on any atom is -0.480 e. The molecular formula is C21H33N7O7. The molecule has 0 saturated carbocycles. The van der Waals surface area contributed by atoms with Crippen LogP contribution in [0.3, 0.4) is 0 Å². The number of aliphatic imine (C=N–C) groups is 1. The van der Waals surface area contributed by atoms with Crippen molar-refractivity contribution in [1.29, 1.82) is 0 Å². The first-order chi connectivity index (χ1) is 16.6. The number of hydrogen-bond acceptors (Lipinski definition) is 8. The van der Waals surface area contributed by atoms with Crippen molar-refractivity contribution >= 4 is 29.7 Å². The largest absolute Gasteiger partial charge is 0.480 e. The van der Waals surface area contributed by atoms with Crippen LogP contribution in [0.4, 0.5) is 0 Å². The van der Waals surface area contributed by atoms with Gasteiger partial charge in [-0.1, -0.05) is 30.3 Å². The number of carbonyl (C=O) groups is 4. The zero-order chi connectivity index (χ0) is 26.4. The Morgan fingerprint density at radius 2 is 1.43 bits per heavy atom. The number of aliphatic carboxylic acids is 1. The molecule has 0 aliphatic carbocycles. The SMILES string of the molecule is NC(N)=NCCCC(NC(=O)C(N)CO)C(=O)NC(Cc1ccccc1)C(=O)NC(CO)C(=O)O. The van der Waals surface area contributed by atoms with E-state index in [-0.39, 0.29) is 31.8 Å². The van der Waals surface area contributed by atoms with Gasteiger partial charge in [0.1, 0.15) is 24.2 Å². The third kappa shape index (κ3) is 10.8. The normalized spacial score (nSPS) is 14.0. The van der Waals surface area contributed by atoms with Gasteiger partial charge in [0.25, 0.3) is 0 Å². The van der Waals surface area contributed by atoms with E-state index >= 15 is 0 Å². The summed E-state index contributed by atoms with van der Waals surface area (Å²) in [7, 11) is 0. The molecule has 1 aromatic rings. The van der Waals surface area contributed by atoms with Gasteiger partial charge in [0.15, 0.2) is 5.96 Å². The molecule has 14 heteroatoms. The molecule has 0 aliphatic rings. The summed E-state index contributed by atoms with van der Waals surface area (Å²) in [6.45, 7) is -1.33. The standard InChI is InChI=1S/C21H33N7O7/c22-13(10-29)17(31)26-14(7-4-8-25-21(23)24)18(32)27-15(9-12-5-2-1-3-6-12)19(33)28-16(11-30)20(34)35/h1-3,5-6,13-16,29-30H,4,7-11,22H2,(H,26,31)(H,27,32)(H,28,33)(H,34,35)(H4,23,24,25). The van der Waals surface area contributed by atoms with E-state index in [9.17, 15) is 24.3 Å². The highest BCUT2D eigenvalue weighted by Gasteiger charge is 2.30. The lowest BCUT2D eigenvalue weighted by atomic mass is 10.0. The number of aliphatic hydroxyl groups is 2. The first-order valence-corrected chi connectivity index (χ1v) is 10.8. The Hall–Kier alpha value is -3.75. The number of carboxylic acids is 1. The first-order valence-electron chi connectivity index (χ1n) is 10.8. The Balaban J connectivity index is 3.08. The van der Waals surface area contributed by atoms with Gasteiger partial charge < -0.3 is 48.5 Å². The summed E-state index contributed by atoms with van der Waals surface area (Å²) in [4.78, 5) is 53.1. The van der Waals surface area contributed by atoms with Gasteiger partial charge in [0, 0.05) is 13.0 Å². The van der Waals surface area contributed by atoms with E-state index in [1.165, 1.54) is 0 Å². The molecule has 14 nitrogen and oxygen atoms in total. The second kappa shape index (κ2) is 15.2. The van der Waals surface area contributed by atoms with Crippen molar-refractivity contribution in [2.45, 2.75) is 43.4 Å². The molecule has 35 heavy (non-hydrogen) atoms. The average molecular weight is 496 g/mol. The maximum atomic E-state index is 13.1. The maximum Gasteiger partial charge on any atom is 0.328 e. The summed E-state index contributed by atoms with van der Waals surface area (Å²) in [5, 5.41) is 34.6. The number of carboxylic acid groups (broad SMARTS) is 1. The highest BCUT2D eigenvalue weighted by Crippen LogP contribution is 2.06. The number of aliphatic hydroxyl groups excluding tert-OH is 2. The Morgan fingerprint density at radius 1 is 0.857 bits per heavy atom. The van der Waals surface area contributed by atoms with Crippen molar-refractivity contribution in [2.24, 2.45) is 22.2 Å². The first kappa shape index (κ1) is 29.3. The van der Waals surface area contributed by atoms with Crippen LogP contribution in [0.15, 0.2) is 35.3 Å². The molecule has 0 radical (unpaired) electrons. The fourth-order valence-corrected chi connectivity index (χ4v) is 2.92. The minimum absolute atomic E-state index is 0.000994. The fraction of sp³-hybridized carbons (Fsp3) is 0.476. The van der Waals surface area contributed by atoms with Crippen LogP contribution in [0.5, 0.6) is 0 Å². The number of guanidine groups is 1. The van der Waals surface area contributed by atoms with Gasteiger partial charge in [0.2, 0.25) is 17.7 Å². The minimum atomic E-state index is -1.57. The summed E-state index contributed by atoms with van der Waals surface area (Å²) < 4.78 is 0. The van der Waals surface area contributed by atoms with Crippen LogP contribution >= 0.6 is 0 Å². The van der Waals surface area contributed by atoms with Crippen molar-refractivity contribution < 1.29 is 34.5 Å². The van der Waals surface area contributed by atoms with Crippen LogP contribution in [0, 0.1) is 0 Å². The number of hydrogen-bond donors (Lipinski definition) is 9. The van der Waals surface area contributed by atoms with Gasteiger partial charge in [0.05, 0.1) is 13.2 Å². The van der Waals surface area contributed by atoms with E-state index < -0.39 is 61.1 Å². The van der Waals surface area contributed by atoms with E-state index in [0.29, 0.717) is 5.56 Å². The van der Waals surface area contributed by atoms with Gasteiger partial charge >= 0.3 is 5.97 Å². The molecule has 1 aromatic carbocycles. The average Bonchev–Trinajstić information content (AvgIpc) is 2.83. The summed E-state index contributed by atoms with van der Waals surface area (Å²) in [5.41, 5.74) is 16.7. The lowest BCUT2D eigenvalue weighted by Gasteiger charge is -2.25. The monoisotopic (exact) mass is 495 g/mol. The summed E-state index contributed by atoms with van der Waals surface area (Å²) in [5.74, 6) is -3.98. The maximum absolute atomic E-state index is 13.1. The van der Waals surface area contributed by atoms with Crippen LogP contribution in [0.25, 0.3) is 0 Å². The van der Waals surface area contributed by atoms with E-state index in [0.717, 1.165) is 0 Å². The predicted molar refractivity (Wildman–Crippen MR) is 126 cm³/mol. The number of nitrogens with two attached hydrogens (primary N) is 3. The molecule has 0 spiro atoms. The fourth-order valence-electron chi connectivity index (χ4n) is 2.92. The molecule has 4 unspecified atom stereocenters. The molecule has 0 fully saturated rings. The van der Waals surface area contributed by atoms with Crippen molar-refractivity contribution in [3.05, 3.63) is 35.9 Å². The molecule has 12 N–H and O–H groups in total. The molecule has 3 amide bonds. The molecule has 0 bridgehead atoms. The van der Waals surface area contributed by atoms with Crippen LogP contribution in [0.1, 0.15) is 18.4 Å². The summed E-state index contributed by atoms with van der Waals surface area (Å²) in [6, 6.07) is 3.39. The summed E-state index contributed by atoms with van der Waals surface area (Å²) in [6.07, 6.45) is 0.355. The van der Waals surface area contributed by atoms with Crippen molar-refractivity contribution in [3.63, 3.8) is 0 Å². The number of carbonyl (C=O) groups excluding carboxylic acids is 3. The second-order valence-corrected chi connectivity index (χ2v) is 7.63. The van der Waals surface area contributed by atoms with Gasteiger partial charge in [-0.05, 0) is 18.4 Å². The Kier molecular flexibility index (Phi) is 12.7. The third-order valence-electron chi connectivity index (χ3n) is 4.82. The molecule has 4 atom stereocenters. The molecule has 0 saturated heterocycles. The van der Waals surface area contributed by atoms with Crippen LogP contribution in [-0.2, 0) is 25.6 Å². The van der Waals surface area contributed by atoms with Crippen molar-refractivity contribution in [1.82, 2.24) is 16.0 Å². The van der Waals surface area contributed by atoms with E-state index in [1.807, 2.05) is 0 Å². The zero-order valence-corrected chi connectivity index (χ0v) is 19.1. The Bertz CT molecular complexity index is 878. The quantitative estimate of drug-likeness (QED) is 0.0649. The van der Waals surface area contributed by atoms with Gasteiger partial charge in [-0.15, -0.1) is 0 Å². The number of benzene rings is 1. The number of rotatable bonds is 15. The highest BCUT2D eigenvalue weighted by atomic mass is 16.4. The van der Waals surface area contributed by atoms with Crippen LogP contribution < -0.4 is 33.2 Å². The molecule has 194 valence electrons. The third-order valence-corrected chi connectivity index (χ3v) is 4.82. The Labute approximate surface area is 201 Å². The smallest absolute Gasteiger partial charge is 0.328 e. The topological polar surface area (TPSA) is 255 Å². The molecule has 0 aliphatic heterocycles. The lowest BCUT2D eigenvalue weighted by molar-refractivity contribution is -0.143. The van der Waals surface area contributed by atoms with Gasteiger partial charge in [-0.25, -0.2) is 4.79 Å². The summed E-state index contributed by atoms with van der Waals surface area (Å²) >= 11 is 0. The second-order valence-electron chi connectivity index (χ2n) is 7.63. The van der Waals surface area contributed by atoms with Crippen molar-refractivity contribution in [3.8, 4) is 0 Å². The molecule has 0 heterocycles. The van der Waals surface area contributed by atoms with Crippen LogP contribution in [0.2, 0.25) is 0 Å². The molecular weight excluding hydrogens is 462 g/mol. The van der Waals surface area contributed by atoms with Gasteiger partial charge in [-0.2, -0.15) is 0 Å². The predicted octanol–water partition coefficient (Wildman–Crippen LogP) is -3.87. The number of nitrogens with zero attached hydrogens (tertiary/aromatic N) is 1. The lowest BCUT2D eigenvalue weighted by Crippen LogP contribution is -2.58. The van der Waals surface area contributed by atoms with E-state index in [1.54, 1.807) is 30.3 Å². The Morgan fingerprint density at radius 3 is 1.97 bits per heavy atom. The van der Waals surface area contributed by atoms with Crippen molar-refractivity contribution in [2.75, 3.05) is 19.8 Å². The van der Waals surface area contributed by atoms with Crippen LogP contribution in [-0.4, -0.2) is 88.9 Å². The number of nitrogens with one attached hydrogen (secondary N) is 3. The molecule has 1 rings (SSSR count). The zero-order valence-electron chi connectivity index (χ0n) is 19.1. The number of amides is 3. The highest BCUT2D eigenvalue weighted by molar-refractivity contribution is 5.94. The van der Waals surface area contributed by atoms with E-state index in [2.05, 4.69) is 20.9 Å². The molecule has 0 aromatic heterocycles. The van der Waals surface area contributed by atoms with Gasteiger partial charge in [-0.3, -0.25) is 19.4 Å².